The van der Waals surface area contributed by atoms with Gasteiger partial charge in [-0.15, -0.1) is 0 Å². The number of nitrogens with one attached hydrogen (secondary N) is 1. The molecule has 0 aromatic carbocycles. The molecule has 0 aromatic rings. The van der Waals surface area contributed by atoms with Crippen molar-refractivity contribution in [2.24, 2.45) is 5.92 Å². The fourth-order valence-electron chi connectivity index (χ4n) is 1.91. The number of nitrogens with zero attached hydrogens (tertiary/aromatic N) is 1. The van der Waals surface area contributed by atoms with Gasteiger partial charge in [-0.05, 0) is 32.9 Å². The van der Waals surface area contributed by atoms with Gasteiger partial charge in [0.05, 0.1) is 0 Å². The fourth-order valence-corrected chi connectivity index (χ4v) is 1.91. The second-order valence-electron chi connectivity index (χ2n) is 4.81. The molecule has 1 atom stereocenters. The summed E-state index contributed by atoms with van der Waals surface area (Å²) in [5.41, 5.74) is 0. The highest BCUT2D eigenvalue weighted by Crippen LogP contribution is 2.18. The summed E-state index contributed by atoms with van der Waals surface area (Å²) in [6.45, 7) is 5.75. The molecule has 1 saturated carbocycles. The topological polar surface area (TPSA) is 15.3 Å². The van der Waals surface area contributed by atoms with Crippen molar-refractivity contribution in [2.75, 3.05) is 20.6 Å². The molecule has 0 aliphatic heterocycles. The molecule has 1 aliphatic carbocycles. The Kier molecular flexibility index (Phi) is 4.20. The van der Waals surface area contributed by atoms with Gasteiger partial charge < -0.3 is 10.2 Å². The SMILES string of the molecule is CC(C)C(CNC1CCC1)N(C)C. The third-order valence-electron chi connectivity index (χ3n) is 3.15. The zero-order valence-corrected chi connectivity index (χ0v) is 9.51. The normalized spacial score (nSPS) is 20.8. The molecular formula is C11H24N2. The van der Waals surface area contributed by atoms with Crippen molar-refractivity contribution < 1.29 is 0 Å². The van der Waals surface area contributed by atoms with Crippen LogP contribution >= 0.6 is 0 Å². The van der Waals surface area contributed by atoms with Crippen LogP contribution in [0.2, 0.25) is 0 Å². The Morgan fingerprint density at radius 3 is 2.23 bits per heavy atom. The van der Waals surface area contributed by atoms with Crippen LogP contribution in [-0.4, -0.2) is 37.6 Å². The van der Waals surface area contributed by atoms with E-state index in [1.807, 2.05) is 0 Å². The third-order valence-corrected chi connectivity index (χ3v) is 3.15. The molecule has 0 bridgehead atoms. The summed E-state index contributed by atoms with van der Waals surface area (Å²) in [5.74, 6) is 0.738. The van der Waals surface area contributed by atoms with Crippen molar-refractivity contribution in [1.82, 2.24) is 10.2 Å². The number of hydrogen-bond acceptors (Lipinski definition) is 2. The van der Waals surface area contributed by atoms with E-state index >= 15 is 0 Å². The maximum absolute atomic E-state index is 3.64. The molecular weight excluding hydrogens is 160 g/mol. The van der Waals surface area contributed by atoms with Crippen molar-refractivity contribution in [1.29, 1.82) is 0 Å². The molecule has 0 amide bonds. The Bertz CT molecular complexity index is 131. The second kappa shape index (κ2) is 4.97. The van der Waals surface area contributed by atoms with Crippen molar-refractivity contribution in [3.8, 4) is 0 Å². The summed E-state index contributed by atoms with van der Waals surface area (Å²) in [7, 11) is 4.35. The summed E-state index contributed by atoms with van der Waals surface area (Å²) < 4.78 is 0. The maximum Gasteiger partial charge on any atom is 0.0237 e. The highest BCUT2D eigenvalue weighted by atomic mass is 15.1. The summed E-state index contributed by atoms with van der Waals surface area (Å²) in [4.78, 5) is 2.33. The Labute approximate surface area is 82.7 Å². The van der Waals surface area contributed by atoms with Gasteiger partial charge >= 0.3 is 0 Å². The molecule has 0 heterocycles. The van der Waals surface area contributed by atoms with Gasteiger partial charge in [0.15, 0.2) is 0 Å². The minimum atomic E-state index is 0.681. The summed E-state index contributed by atoms with van der Waals surface area (Å²) >= 11 is 0. The van der Waals surface area contributed by atoms with Crippen LogP contribution in [0.25, 0.3) is 0 Å². The summed E-state index contributed by atoms with van der Waals surface area (Å²) in [6.07, 6.45) is 4.20. The van der Waals surface area contributed by atoms with Crippen LogP contribution in [0.3, 0.4) is 0 Å². The van der Waals surface area contributed by atoms with Crippen molar-refractivity contribution in [2.45, 2.75) is 45.2 Å². The number of hydrogen-bond donors (Lipinski definition) is 1. The van der Waals surface area contributed by atoms with Crippen LogP contribution in [-0.2, 0) is 0 Å². The average molecular weight is 184 g/mol. The lowest BCUT2D eigenvalue weighted by molar-refractivity contribution is 0.205. The van der Waals surface area contributed by atoms with Gasteiger partial charge in [-0.1, -0.05) is 20.3 Å². The highest BCUT2D eigenvalue weighted by Gasteiger charge is 2.20. The van der Waals surface area contributed by atoms with Gasteiger partial charge in [0.1, 0.15) is 0 Å². The van der Waals surface area contributed by atoms with Crippen molar-refractivity contribution in [3.63, 3.8) is 0 Å². The molecule has 78 valence electrons. The van der Waals surface area contributed by atoms with Gasteiger partial charge in [-0.2, -0.15) is 0 Å². The molecule has 1 aliphatic rings. The first kappa shape index (κ1) is 11.0. The zero-order valence-electron chi connectivity index (χ0n) is 9.51. The standard InChI is InChI=1S/C11H24N2/c1-9(2)11(13(3)4)8-12-10-6-5-7-10/h9-12H,5-8H2,1-4H3. The van der Waals surface area contributed by atoms with Crippen molar-refractivity contribution in [3.05, 3.63) is 0 Å². The molecule has 0 aromatic heterocycles. The largest absolute Gasteiger partial charge is 0.312 e. The van der Waals surface area contributed by atoms with Gasteiger partial charge in [-0.3, -0.25) is 0 Å². The van der Waals surface area contributed by atoms with Crippen molar-refractivity contribution >= 4 is 0 Å². The molecule has 2 nitrogen and oxygen atoms in total. The Balaban J connectivity index is 2.21. The molecule has 0 spiro atoms. The van der Waals surface area contributed by atoms with E-state index in [9.17, 15) is 0 Å². The van der Waals surface area contributed by atoms with E-state index in [-0.39, 0.29) is 0 Å². The van der Waals surface area contributed by atoms with Gasteiger partial charge in [-0.25, -0.2) is 0 Å². The first-order chi connectivity index (χ1) is 6.11. The van der Waals surface area contributed by atoms with E-state index < -0.39 is 0 Å². The van der Waals surface area contributed by atoms with E-state index in [0.29, 0.717) is 6.04 Å². The quantitative estimate of drug-likeness (QED) is 0.700. The highest BCUT2D eigenvalue weighted by molar-refractivity contribution is 4.80. The lowest BCUT2D eigenvalue weighted by Crippen LogP contribution is -2.46. The predicted octanol–water partition coefficient (Wildman–Crippen LogP) is 1.71. The monoisotopic (exact) mass is 184 g/mol. The van der Waals surface area contributed by atoms with Crippen LogP contribution < -0.4 is 5.32 Å². The van der Waals surface area contributed by atoms with Crippen LogP contribution in [0.5, 0.6) is 0 Å². The molecule has 13 heavy (non-hydrogen) atoms. The lowest BCUT2D eigenvalue weighted by Gasteiger charge is -2.33. The minimum Gasteiger partial charge on any atom is -0.312 e. The molecule has 0 radical (unpaired) electrons. The van der Waals surface area contributed by atoms with Crippen LogP contribution in [0.4, 0.5) is 0 Å². The average Bonchev–Trinajstić information content (AvgIpc) is 1.92. The van der Waals surface area contributed by atoms with Gasteiger partial charge in [0.2, 0.25) is 0 Å². The van der Waals surface area contributed by atoms with E-state index in [4.69, 9.17) is 0 Å². The van der Waals surface area contributed by atoms with Crippen LogP contribution in [0.1, 0.15) is 33.1 Å². The summed E-state index contributed by atoms with van der Waals surface area (Å²) in [6, 6.07) is 1.50. The first-order valence-electron chi connectivity index (χ1n) is 5.51. The molecule has 2 heteroatoms. The number of likely N-dealkylation sites (N-methyl/N-ethyl adjacent to an activating group) is 1. The van der Waals surface area contributed by atoms with E-state index in [2.05, 4.69) is 38.2 Å². The fraction of sp³-hybridized carbons (Fsp3) is 1.00. The lowest BCUT2D eigenvalue weighted by atomic mass is 9.92. The Morgan fingerprint density at radius 2 is 1.92 bits per heavy atom. The van der Waals surface area contributed by atoms with E-state index in [1.54, 1.807) is 0 Å². The van der Waals surface area contributed by atoms with E-state index in [0.717, 1.165) is 18.5 Å². The molecule has 0 saturated heterocycles. The third kappa shape index (κ3) is 3.28. The number of rotatable bonds is 5. The van der Waals surface area contributed by atoms with Crippen LogP contribution in [0, 0.1) is 5.92 Å². The molecule has 1 fully saturated rings. The first-order valence-corrected chi connectivity index (χ1v) is 5.51. The Hall–Kier alpha value is -0.0800. The molecule has 1 N–H and O–H groups in total. The minimum absolute atomic E-state index is 0.681. The second-order valence-corrected chi connectivity index (χ2v) is 4.81. The van der Waals surface area contributed by atoms with Gasteiger partial charge in [0, 0.05) is 18.6 Å². The maximum atomic E-state index is 3.64. The zero-order chi connectivity index (χ0) is 9.84. The predicted molar refractivity (Wildman–Crippen MR) is 58.0 cm³/mol. The van der Waals surface area contributed by atoms with E-state index in [1.165, 1.54) is 19.3 Å². The van der Waals surface area contributed by atoms with Crippen LogP contribution in [0.15, 0.2) is 0 Å². The molecule has 1 rings (SSSR count). The molecule has 1 unspecified atom stereocenters. The van der Waals surface area contributed by atoms with Gasteiger partial charge in [0.25, 0.3) is 0 Å². The smallest absolute Gasteiger partial charge is 0.0237 e. The summed E-state index contributed by atoms with van der Waals surface area (Å²) in [5, 5.41) is 3.64. The Morgan fingerprint density at radius 1 is 1.31 bits per heavy atom.